The first-order valence-corrected chi connectivity index (χ1v) is 4.48. The molecular formula is CAuNS. The third-order valence-corrected chi connectivity index (χ3v) is 0.676. The summed E-state index contributed by atoms with van der Waals surface area (Å²) in [5.41, 5.74) is 0. The van der Waals surface area contributed by atoms with Gasteiger partial charge >= 0.3 is 37.0 Å². The van der Waals surface area contributed by atoms with E-state index < -0.39 is 17.9 Å². The van der Waals surface area contributed by atoms with E-state index in [0.29, 0.717) is 0 Å². The SMILES string of the molecule is N#[C][Au]=[S]. The third-order valence-electron chi connectivity index (χ3n) is 0.0275. The number of nitrogens with zero attached hydrogens (tertiary/aromatic N) is 1. The average molecular weight is 255 g/mol. The Hall–Kier alpha value is 0.450. The van der Waals surface area contributed by atoms with Crippen LogP contribution in [0.1, 0.15) is 0 Å². The Labute approximate surface area is 37.3 Å². The maximum absolute atomic E-state index is 7.56. The molecule has 1 nitrogen and oxygen atoms in total. The molecule has 0 aromatic rings. The molecular weight excluding hydrogens is 255 g/mol. The summed E-state index contributed by atoms with van der Waals surface area (Å²) in [7, 11) is 4.29. The van der Waals surface area contributed by atoms with Crippen LogP contribution in [0.4, 0.5) is 0 Å². The van der Waals surface area contributed by atoms with E-state index >= 15 is 0 Å². The van der Waals surface area contributed by atoms with E-state index in [-0.39, 0.29) is 0 Å². The summed E-state index contributed by atoms with van der Waals surface area (Å²) in [5.74, 6) is 0. The van der Waals surface area contributed by atoms with Crippen molar-refractivity contribution >= 4 is 9.58 Å². The number of hydrogen-bond donors (Lipinski definition) is 0. The molecule has 0 aromatic heterocycles. The van der Waals surface area contributed by atoms with Crippen LogP contribution in [-0.2, 0) is 17.9 Å². The van der Waals surface area contributed by atoms with Gasteiger partial charge in [0.15, 0.2) is 0 Å². The molecule has 0 spiro atoms. The van der Waals surface area contributed by atoms with Crippen LogP contribution in [0.2, 0.25) is 0 Å². The van der Waals surface area contributed by atoms with Gasteiger partial charge in [0.25, 0.3) is 0 Å². The van der Waals surface area contributed by atoms with Crippen molar-refractivity contribution in [1.82, 2.24) is 0 Å². The number of nitriles is 1. The first-order valence-electron chi connectivity index (χ1n) is 0.497. The molecule has 0 saturated carbocycles. The Morgan fingerprint density at radius 3 is 2.25 bits per heavy atom. The van der Waals surface area contributed by atoms with Crippen LogP contribution in [0.5, 0.6) is 0 Å². The van der Waals surface area contributed by atoms with Crippen molar-refractivity contribution in [1.29, 1.82) is 5.26 Å². The fourth-order valence-corrected chi connectivity index (χ4v) is 0. The molecule has 0 saturated heterocycles. The fraction of sp³-hybridized carbons (Fsp3) is 0. The predicted molar refractivity (Wildman–Crippen MR) is 13.2 cm³/mol. The summed E-state index contributed by atoms with van der Waals surface area (Å²) in [6, 6.07) is 0. The van der Waals surface area contributed by atoms with Gasteiger partial charge in [-0.2, -0.15) is 0 Å². The summed E-state index contributed by atoms with van der Waals surface area (Å²) in [5, 5.41) is 7.56. The maximum atomic E-state index is 7.56. The monoisotopic (exact) mass is 255 g/mol. The minimum atomic E-state index is -0.418. The van der Waals surface area contributed by atoms with Crippen molar-refractivity contribution in [3.8, 4) is 4.29 Å². The molecule has 0 aliphatic heterocycles. The third kappa shape index (κ3) is 2.45. The van der Waals surface area contributed by atoms with Gasteiger partial charge in [-0.1, -0.05) is 0 Å². The van der Waals surface area contributed by atoms with Crippen molar-refractivity contribution in [2.24, 2.45) is 0 Å². The van der Waals surface area contributed by atoms with Gasteiger partial charge in [-0.25, -0.2) is 0 Å². The molecule has 0 atom stereocenters. The van der Waals surface area contributed by atoms with Crippen LogP contribution >= 0.6 is 9.58 Å². The van der Waals surface area contributed by atoms with Gasteiger partial charge in [0.1, 0.15) is 0 Å². The van der Waals surface area contributed by atoms with Gasteiger partial charge in [0.2, 0.25) is 0 Å². The summed E-state index contributed by atoms with van der Waals surface area (Å²) in [6.45, 7) is 0. The van der Waals surface area contributed by atoms with E-state index in [1.54, 1.807) is 0 Å². The standard InChI is InChI=1S/CN.Au.S/c1-2;;. The van der Waals surface area contributed by atoms with Crippen molar-refractivity contribution in [2.45, 2.75) is 0 Å². The van der Waals surface area contributed by atoms with E-state index in [9.17, 15) is 0 Å². The Morgan fingerprint density at radius 2 is 2.25 bits per heavy atom. The zero-order chi connectivity index (χ0) is 3.41. The molecule has 26 valence electrons. The van der Waals surface area contributed by atoms with E-state index in [4.69, 9.17) is 5.26 Å². The van der Waals surface area contributed by atoms with Crippen LogP contribution in [0, 0.1) is 9.55 Å². The summed E-state index contributed by atoms with van der Waals surface area (Å²) < 4.78 is 1.84. The summed E-state index contributed by atoms with van der Waals surface area (Å²) in [4.78, 5) is 0. The first kappa shape index (κ1) is 4.45. The second kappa shape index (κ2) is 3.45. The van der Waals surface area contributed by atoms with E-state index in [0.717, 1.165) is 0 Å². The Bertz CT molecular complexity index is 53.5. The fourth-order valence-electron chi connectivity index (χ4n) is 0. The molecule has 0 fully saturated rings. The average Bonchev–Trinajstić information content (AvgIpc) is 1.37. The van der Waals surface area contributed by atoms with E-state index in [2.05, 4.69) is 9.58 Å². The molecule has 0 bridgehead atoms. The molecule has 0 radical (unpaired) electrons. The number of rotatable bonds is 0. The molecule has 0 N–H and O–H groups in total. The predicted octanol–water partition coefficient (Wildman–Crippen LogP) is 0.662. The van der Waals surface area contributed by atoms with E-state index in [1.165, 1.54) is 0 Å². The second-order valence-corrected chi connectivity index (χ2v) is 2.06. The Balaban J connectivity index is 2.92. The van der Waals surface area contributed by atoms with Crippen LogP contribution < -0.4 is 0 Å². The zero-order valence-electron chi connectivity index (χ0n) is 1.66. The molecule has 0 aromatic carbocycles. The van der Waals surface area contributed by atoms with Crippen LogP contribution in [-0.4, -0.2) is 0 Å². The molecule has 0 unspecified atom stereocenters. The van der Waals surface area contributed by atoms with Crippen molar-refractivity contribution in [3.63, 3.8) is 0 Å². The van der Waals surface area contributed by atoms with Crippen molar-refractivity contribution in [2.75, 3.05) is 0 Å². The van der Waals surface area contributed by atoms with Gasteiger partial charge in [-0.05, 0) is 0 Å². The molecule has 3 heteroatoms. The second-order valence-electron chi connectivity index (χ2n) is 0.129. The molecule has 0 heterocycles. The van der Waals surface area contributed by atoms with Crippen LogP contribution in [0.25, 0.3) is 0 Å². The number of hydrogen-bond acceptors (Lipinski definition) is 2. The normalized spacial score (nSPS) is 5.75. The first-order chi connectivity index (χ1) is 1.91. The van der Waals surface area contributed by atoms with Crippen molar-refractivity contribution < 1.29 is 17.9 Å². The Kier molecular flexibility index (Phi) is 3.84. The molecule has 0 aliphatic rings. The molecule has 0 aliphatic carbocycles. The quantitative estimate of drug-likeness (QED) is 0.594. The van der Waals surface area contributed by atoms with Crippen molar-refractivity contribution in [3.05, 3.63) is 0 Å². The van der Waals surface area contributed by atoms with Gasteiger partial charge in [-0.3, -0.25) is 0 Å². The van der Waals surface area contributed by atoms with Gasteiger partial charge < -0.3 is 0 Å². The van der Waals surface area contributed by atoms with Gasteiger partial charge in [0, 0.05) is 0 Å². The summed E-state index contributed by atoms with van der Waals surface area (Å²) in [6.07, 6.45) is 0. The van der Waals surface area contributed by atoms with Crippen LogP contribution in [0.3, 0.4) is 0 Å². The van der Waals surface area contributed by atoms with Gasteiger partial charge in [-0.15, -0.1) is 0 Å². The molecule has 0 amide bonds. The van der Waals surface area contributed by atoms with Crippen LogP contribution in [0.15, 0.2) is 0 Å². The topological polar surface area (TPSA) is 23.8 Å². The molecule has 0 rings (SSSR count). The minimum absolute atomic E-state index is 0.418. The van der Waals surface area contributed by atoms with Gasteiger partial charge in [0.05, 0.1) is 0 Å². The zero-order valence-corrected chi connectivity index (χ0v) is 4.64. The summed E-state index contributed by atoms with van der Waals surface area (Å²) >= 11 is -0.418. The molecule has 4 heavy (non-hydrogen) atoms. The van der Waals surface area contributed by atoms with E-state index in [1.807, 2.05) is 4.29 Å². The Morgan fingerprint density at radius 1 is 2.00 bits per heavy atom.